The topological polar surface area (TPSA) is 107 Å². The van der Waals surface area contributed by atoms with Crippen molar-refractivity contribution in [3.63, 3.8) is 0 Å². The number of rotatable bonds is 5. The maximum absolute atomic E-state index is 13.0. The van der Waals surface area contributed by atoms with E-state index in [0.717, 1.165) is 12.8 Å². The van der Waals surface area contributed by atoms with Crippen LogP contribution in [-0.4, -0.2) is 68.8 Å². The molecule has 1 aromatic carbocycles. The van der Waals surface area contributed by atoms with Crippen molar-refractivity contribution in [3.05, 3.63) is 40.2 Å². The highest BCUT2D eigenvalue weighted by Gasteiger charge is 2.27. The zero-order valence-corrected chi connectivity index (χ0v) is 17.6. The van der Waals surface area contributed by atoms with Crippen LogP contribution in [0.1, 0.15) is 23.2 Å². The molecule has 0 bridgehead atoms. The molecule has 0 saturated carbocycles. The van der Waals surface area contributed by atoms with E-state index in [0.29, 0.717) is 31.9 Å². The number of pyridine rings is 1. The van der Waals surface area contributed by atoms with E-state index >= 15 is 0 Å². The van der Waals surface area contributed by atoms with E-state index in [1.54, 1.807) is 17.7 Å². The maximum Gasteiger partial charge on any atom is 0.256 e. The molecule has 10 heteroatoms. The molecule has 9 nitrogen and oxygen atoms in total. The van der Waals surface area contributed by atoms with E-state index in [1.807, 2.05) is 0 Å². The lowest BCUT2D eigenvalue weighted by Gasteiger charge is -2.26. The van der Waals surface area contributed by atoms with Crippen molar-refractivity contribution in [2.24, 2.45) is 7.05 Å². The van der Waals surface area contributed by atoms with Gasteiger partial charge in [0.2, 0.25) is 15.5 Å². The minimum absolute atomic E-state index is 0.0242. The summed E-state index contributed by atoms with van der Waals surface area (Å²) in [7, 11) is -2.03. The van der Waals surface area contributed by atoms with Crippen LogP contribution in [0.4, 0.5) is 0 Å². The largest absolute Gasteiger partial charge is 0.379 e. The molecule has 1 aromatic heterocycles. The zero-order valence-electron chi connectivity index (χ0n) is 16.8. The van der Waals surface area contributed by atoms with Crippen LogP contribution in [0.3, 0.4) is 0 Å². The highest BCUT2D eigenvalue weighted by Crippen LogP contribution is 2.21. The van der Waals surface area contributed by atoms with E-state index < -0.39 is 21.4 Å². The van der Waals surface area contributed by atoms with Crippen molar-refractivity contribution in [1.82, 2.24) is 14.2 Å². The Balaban J connectivity index is 1.67. The molecule has 4 rings (SSSR count). The van der Waals surface area contributed by atoms with Crippen LogP contribution in [0, 0.1) is 0 Å². The maximum atomic E-state index is 13.0. The van der Waals surface area contributed by atoms with Gasteiger partial charge >= 0.3 is 0 Å². The van der Waals surface area contributed by atoms with Crippen molar-refractivity contribution in [1.29, 1.82) is 0 Å². The Kier molecular flexibility index (Phi) is 5.92. The number of aromatic nitrogens is 1. The molecule has 2 aromatic rings. The van der Waals surface area contributed by atoms with E-state index in [9.17, 15) is 18.0 Å². The first-order valence-electron chi connectivity index (χ1n) is 9.99. The third-order valence-corrected chi connectivity index (χ3v) is 7.42. The lowest BCUT2D eigenvalue weighted by molar-refractivity contribution is 0.0730. The normalized spacial score (nSPS) is 20.5. The fourth-order valence-electron chi connectivity index (χ4n) is 3.84. The van der Waals surface area contributed by atoms with Crippen molar-refractivity contribution >= 4 is 26.8 Å². The van der Waals surface area contributed by atoms with Crippen LogP contribution in [0.2, 0.25) is 0 Å². The van der Waals surface area contributed by atoms with Crippen molar-refractivity contribution in [3.8, 4) is 0 Å². The Hall–Kier alpha value is -2.27. The number of fused-ring (bicyclic) bond motifs is 1. The summed E-state index contributed by atoms with van der Waals surface area (Å²) < 4.78 is 39.7. The third kappa shape index (κ3) is 4.00. The van der Waals surface area contributed by atoms with Crippen molar-refractivity contribution < 1.29 is 22.7 Å². The lowest BCUT2D eigenvalue weighted by Crippen LogP contribution is -2.40. The number of nitrogens with zero attached hydrogens (tertiary/aromatic N) is 2. The summed E-state index contributed by atoms with van der Waals surface area (Å²) in [6.07, 6.45) is 3.27. The summed E-state index contributed by atoms with van der Waals surface area (Å²) >= 11 is 0. The number of ether oxygens (including phenoxy) is 2. The van der Waals surface area contributed by atoms with Gasteiger partial charge in [0.25, 0.3) is 5.91 Å². The van der Waals surface area contributed by atoms with Crippen LogP contribution < -0.4 is 10.7 Å². The van der Waals surface area contributed by atoms with Gasteiger partial charge in [0.15, 0.2) is 0 Å². The van der Waals surface area contributed by atoms with Crippen LogP contribution in [0.5, 0.6) is 0 Å². The van der Waals surface area contributed by atoms with Crippen LogP contribution in [0.15, 0.2) is 34.1 Å². The quantitative estimate of drug-likeness (QED) is 0.732. The molecule has 0 spiro atoms. The fourth-order valence-corrected chi connectivity index (χ4v) is 5.27. The van der Waals surface area contributed by atoms with Gasteiger partial charge in [-0.2, -0.15) is 4.31 Å². The first-order valence-corrected chi connectivity index (χ1v) is 11.4. The molecule has 1 atom stereocenters. The second-order valence-electron chi connectivity index (χ2n) is 7.52. The second kappa shape index (κ2) is 8.46. The van der Waals surface area contributed by atoms with E-state index in [4.69, 9.17) is 9.47 Å². The third-order valence-electron chi connectivity index (χ3n) is 5.53. The molecule has 2 aliphatic rings. The summed E-state index contributed by atoms with van der Waals surface area (Å²) in [6.45, 7) is 2.23. The number of morpholine rings is 1. The van der Waals surface area contributed by atoms with Gasteiger partial charge in [-0.25, -0.2) is 8.42 Å². The summed E-state index contributed by atoms with van der Waals surface area (Å²) in [4.78, 5) is 25.7. The fraction of sp³-hybridized carbons (Fsp3) is 0.500. The number of carbonyl (C=O) groups is 1. The highest BCUT2D eigenvalue weighted by atomic mass is 32.2. The number of hydrogen-bond donors (Lipinski definition) is 1. The monoisotopic (exact) mass is 435 g/mol. The van der Waals surface area contributed by atoms with Gasteiger partial charge < -0.3 is 19.4 Å². The van der Waals surface area contributed by atoms with Gasteiger partial charge in [-0.1, -0.05) is 0 Å². The molecule has 0 radical (unpaired) electrons. The van der Waals surface area contributed by atoms with Gasteiger partial charge in [0.05, 0.1) is 29.7 Å². The molecule has 1 amide bonds. The van der Waals surface area contributed by atoms with Gasteiger partial charge in [-0.3, -0.25) is 9.59 Å². The Labute approximate surface area is 174 Å². The second-order valence-corrected chi connectivity index (χ2v) is 9.46. The number of hydrogen-bond acceptors (Lipinski definition) is 6. The first-order chi connectivity index (χ1) is 14.4. The summed E-state index contributed by atoms with van der Waals surface area (Å²) in [5.74, 6) is -0.491. The predicted octanol–water partition coefficient (Wildman–Crippen LogP) is 0.468. The average molecular weight is 436 g/mol. The highest BCUT2D eigenvalue weighted by molar-refractivity contribution is 7.89. The van der Waals surface area contributed by atoms with E-state index in [-0.39, 0.29) is 35.0 Å². The van der Waals surface area contributed by atoms with Gasteiger partial charge in [-0.15, -0.1) is 0 Å². The number of nitrogens with one attached hydrogen (secondary N) is 1. The van der Waals surface area contributed by atoms with E-state index in [2.05, 4.69) is 5.32 Å². The standard InChI is InChI=1S/C20H25N3O6S/c1-22-13-17(20(25)21-12-14-3-2-8-29-14)19(24)16-11-15(4-5-18(16)22)30(26,27)23-6-9-28-10-7-23/h4-5,11,13-14H,2-3,6-10,12H2,1H3,(H,21,25)/t14-/m1/s1. The molecule has 1 N–H and O–H groups in total. The minimum atomic E-state index is -3.75. The molecule has 2 saturated heterocycles. The molecular weight excluding hydrogens is 410 g/mol. The Morgan fingerprint density at radius 1 is 1.23 bits per heavy atom. The van der Waals surface area contributed by atoms with Gasteiger partial charge in [0.1, 0.15) is 5.56 Å². The summed E-state index contributed by atoms with van der Waals surface area (Å²) in [5.41, 5.74) is 0.0347. The minimum Gasteiger partial charge on any atom is -0.379 e. The summed E-state index contributed by atoms with van der Waals surface area (Å²) in [5, 5.41) is 2.94. The Bertz CT molecular complexity index is 1120. The molecule has 0 unspecified atom stereocenters. The zero-order chi connectivity index (χ0) is 21.3. The average Bonchev–Trinajstić information content (AvgIpc) is 3.28. The molecule has 3 heterocycles. The summed E-state index contributed by atoms with van der Waals surface area (Å²) in [6, 6.07) is 4.45. The van der Waals surface area contributed by atoms with Crippen LogP contribution in [0.25, 0.3) is 10.9 Å². The lowest BCUT2D eigenvalue weighted by atomic mass is 10.1. The Morgan fingerprint density at radius 3 is 2.70 bits per heavy atom. The molecule has 0 aliphatic carbocycles. The number of benzene rings is 1. The molecular formula is C20H25N3O6S. The number of amides is 1. The molecule has 2 fully saturated rings. The number of sulfonamides is 1. The van der Waals surface area contributed by atoms with Gasteiger partial charge in [-0.05, 0) is 31.0 Å². The van der Waals surface area contributed by atoms with Crippen LogP contribution in [-0.2, 0) is 26.5 Å². The molecule has 2 aliphatic heterocycles. The molecule has 162 valence electrons. The SMILES string of the molecule is Cn1cc(C(=O)NC[C@H]2CCCO2)c(=O)c2cc(S(=O)(=O)N3CCOCC3)ccc21. The number of aryl methyl sites for hydroxylation is 1. The van der Waals surface area contributed by atoms with Crippen molar-refractivity contribution in [2.75, 3.05) is 39.5 Å². The predicted molar refractivity (Wildman–Crippen MR) is 110 cm³/mol. The molecule has 30 heavy (non-hydrogen) atoms. The van der Waals surface area contributed by atoms with Gasteiger partial charge in [0, 0.05) is 44.9 Å². The van der Waals surface area contributed by atoms with Crippen LogP contribution >= 0.6 is 0 Å². The first kappa shape index (κ1) is 21.0. The van der Waals surface area contributed by atoms with Crippen molar-refractivity contribution in [2.45, 2.75) is 23.8 Å². The Morgan fingerprint density at radius 2 is 2.00 bits per heavy atom. The smallest absolute Gasteiger partial charge is 0.256 e. The van der Waals surface area contributed by atoms with E-state index in [1.165, 1.54) is 22.6 Å². The number of carbonyl (C=O) groups excluding carboxylic acids is 1.